The van der Waals surface area contributed by atoms with Crippen LogP contribution in [0.25, 0.3) is 0 Å². The number of carbonyl (C=O) groups excluding carboxylic acids is 1. The lowest BCUT2D eigenvalue weighted by Crippen LogP contribution is -2.07. The lowest BCUT2D eigenvalue weighted by atomic mass is 9.93. The number of hydrogen-bond donors (Lipinski definition) is 0. The van der Waals surface area contributed by atoms with Crippen LogP contribution in [0.2, 0.25) is 0 Å². The van der Waals surface area contributed by atoms with Crippen molar-refractivity contribution in [2.45, 2.75) is 40.4 Å². The summed E-state index contributed by atoms with van der Waals surface area (Å²) in [5, 5.41) is 0. The standard InChI is InChI=1S/C19H20O2/c1-12-6-13(2)18(14(3)7-12)9-19(20)15-4-5-16-10-21-11-17(16)8-15/h4-8H,9-11H2,1-3H3. The number of benzene rings is 2. The van der Waals surface area contributed by atoms with Crippen LogP contribution in [0.1, 0.15) is 43.7 Å². The molecule has 1 heterocycles. The summed E-state index contributed by atoms with van der Waals surface area (Å²) in [6.07, 6.45) is 0.470. The average Bonchev–Trinajstić information content (AvgIpc) is 2.89. The molecule has 0 radical (unpaired) electrons. The van der Waals surface area contributed by atoms with E-state index in [0.29, 0.717) is 19.6 Å². The van der Waals surface area contributed by atoms with Gasteiger partial charge in [0.1, 0.15) is 0 Å². The summed E-state index contributed by atoms with van der Waals surface area (Å²) in [6.45, 7) is 7.55. The molecule has 0 spiro atoms. The van der Waals surface area contributed by atoms with E-state index in [9.17, 15) is 4.79 Å². The molecule has 108 valence electrons. The summed E-state index contributed by atoms with van der Waals surface area (Å²) in [7, 11) is 0. The zero-order valence-electron chi connectivity index (χ0n) is 12.8. The van der Waals surface area contributed by atoms with Crippen LogP contribution in [0.5, 0.6) is 0 Å². The van der Waals surface area contributed by atoms with Crippen LogP contribution < -0.4 is 0 Å². The summed E-state index contributed by atoms with van der Waals surface area (Å²) in [5.41, 5.74) is 7.94. The molecule has 2 aromatic rings. The van der Waals surface area contributed by atoms with Crippen molar-refractivity contribution in [1.82, 2.24) is 0 Å². The van der Waals surface area contributed by atoms with E-state index in [0.717, 1.165) is 16.7 Å². The van der Waals surface area contributed by atoms with E-state index in [-0.39, 0.29) is 5.78 Å². The van der Waals surface area contributed by atoms with Gasteiger partial charge in [-0.3, -0.25) is 4.79 Å². The average molecular weight is 280 g/mol. The number of aryl methyl sites for hydroxylation is 3. The van der Waals surface area contributed by atoms with Crippen LogP contribution in [-0.4, -0.2) is 5.78 Å². The zero-order chi connectivity index (χ0) is 15.0. The van der Waals surface area contributed by atoms with Crippen molar-refractivity contribution in [3.8, 4) is 0 Å². The fraction of sp³-hybridized carbons (Fsp3) is 0.316. The van der Waals surface area contributed by atoms with E-state index in [2.05, 4.69) is 32.9 Å². The Hall–Kier alpha value is -1.93. The Morgan fingerprint density at radius 3 is 2.38 bits per heavy atom. The number of fused-ring (bicyclic) bond motifs is 1. The van der Waals surface area contributed by atoms with Gasteiger partial charge in [0.15, 0.2) is 5.78 Å². The number of ketones is 1. The number of hydrogen-bond acceptors (Lipinski definition) is 2. The highest BCUT2D eigenvalue weighted by Crippen LogP contribution is 2.23. The SMILES string of the molecule is Cc1cc(C)c(CC(=O)c2ccc3c(c2)COC3)c(C)c1. The van der Waals surface area contributed by atoms with Gasteiger partial charge in [-0.2, -0.15) is 0 Å². The molecule has 21 heavy (non-hydrogen) atoms. The molecule has 0 aliphatic carbocycles. The van der Waals surface area contributed by atoms with E-state index >= 15 is 0 Å². The third-order valence-electron chi connectivity index (χ3n) is 4.22. The molecule has 2 nitrogen and oxygen atoms in total. The van der Waals surface area contributed by atoms with Crippen molar-refractivity contribution in [1.29, 1.82) is 0 Å². The Balaban J connectivity index is 1.87. The topological polar surface area (TPSA) is 26.3 Å². The molecule has 3 rings (SSSR count). The smallest absolute Gasteiger partial charge is 0.167 e. The maximum atomic E-state index is 12.6. The largest absolute Gasteiger partial charge is 0.372 e. The first-order valence-corrected chi connectivity index (χ1v) is 7.34. The van der Waals surface area contributed by atoms with Crippen molar-refractivity contribution < 1.29 is 9.53 Å². The highest BCUT2D eigenvalue weighted by Gasteiger charge is 2.16. The van der Waals surface area contributed by atoms with Gasteiger partial charge in [0.05, 0.1) is 13.2 Å². The Bertz CT molecular complexity index is 690. The summed E-state index contributed by atoms with van der Waals surface area (Å²) in [4.78, 5) is 12.6. The number of ether oxygens (including phenoxy) is 1. The molecular weight excluding hydrogens is 260 g/mol. The van der Waals surface area contributed by atoms with Gasteiger partial charge in [-0.1, -0.05) is 29.8 Å². The summed E-state index contributed by atoms with van der Waals surface area (Å²) in [5.74, 6) is 0.180. The molecule has 0 saturated heterocycles. The highest BCUT2D eigenvalue weighted by molar-refractivity contribution is 5.98. The second kappa shape index (κ2) is 5.45. The maximum Gasteiger partial charge on any atom is 0.167 e. The second-order valence-corrected chi connectivity index (χ2v) is 5.95. The molecule has 0 aromatic heterocycles. The first kappa shape index (κ1) is 14.0. The van der Waals surface area contributed by atoms with E-state index in [1.54, 1.807) is 0 Å². The highest BCUT2D eigenvalue weighted by atomic mass is 16.5. The molecule has 1 aliphatic rings. The third kappa shape index (κ3) is 2.77. The van der Waals surface area contributed by atoms with Crippen molar-refractivity contribution in [2.24, 2.45) is 0 Å². The third-order valence-corrected chi connectivity index (χ3v) is 4.22. The molecular formula is C19H20O2. The first-order valence-electron chi connectivity index (χ1n) is 7.34. The summed E-state index contributed by atoms with van der Waals surface area (Å²) in [6, 6.07) is 10.2. The van der Waals surface area contributed by atoms with Gasteiger partial charge >= 0.3 is 0 Å². The van der Waals surface area contributed by atoms with E-state index in [1.165, 1.54) is 22.3 Å². The minimum absolute atomic E-state index is 0.180. The molecule has 0 unspecified atom stereocenters. The number of Topliss-reactive ketones (excluding diaryl/α,β-unsaturated/α-hetero) is 1. The molecule has 2 aromatic carbocycles. The van der Waals surface area contributed by atoms with Crippen molar-refractivity contribution >= 4 is 5.78 Å². The monoisotopic (exact) mass is 280 g/mol. The molecule has 0 fully saturated rings. The lowest BCUT2D eigenvalue weighted by Gasteiger charge is -2.11. The zero-order valence-corrected chi connectivity index (χ0v) is 12.8. The summed E-state index contributed by atoms with van der Waals surface area (Å²) >= 11 is 0. The van der Waals surface area contributed by atoms with Crippen LogP contribution in [0.15, 0.2) is 30.3 Å². The van der Waals surface area contributed by atoms with Gasteiger partial charge in [0, 0.05) is 12.0 Å². The number of carbonyl (C=O) groups is 1. The lowest BCUT2D eigenvalue weighted by molar-refractivity contribution is 0.0992. The molecule has 0 atom stereocenters. The predicted octanol–water partition coefficient (Wildman–Crippen LogP) is 4.07. The molecule has 0 saturated carbocycles. The van der Waals surface area contributed by atoms with Gasteiger partial charge in [-0.05, 0) is 54.7 Å². The number of rotatable bonds is 3. The molecule has 2 heteroatoms. The molecule has 0 amide bonds. The Kier molecular flexibility index (Phi) is 3.64. The van der Waals surface area contributed by atoms with Gasteiger partial charge < -0.3 is 4.74 Å². The quantitative estimate of drug-likeness (QED) is 0.792. The van der Waals surface area contributed by atoms with E-state index in [4.69, 9.17) is 4.74 Å². The normalized spacial score (nSPS) is 13.3. The fourth-order valence-corrected chi connectivity index (χ4v) is 3.10. The molecule has 1 aliphatic heterocycles. The van der Waals surface area contributed by atoms with Crippen LogP contribution in [0.3, 0.4) is 0 Å². The Morgan fingerprint density at radius 1 is 1.00 bits per heavy atom. The predicted molar refractivity (Wildman–Crippen MR) is 83.6 cm³/mol. The minimum atomic E-state index is 0.180. The Labute approximate surface area is 125 Å². The van der Waals surface area contributed by atoms with Crippen LogP contribution >= 0.6 is 0 Å². The first-order chi connectivity index (χ1) is 10.0. The van der Waals surface area contributed by atoms with E-state index < -0.39 is 0 Å². The minimum Gasteiger partial charge on any atom is -0.372 e. The van der Waals surface area contributed by atoms with Gasteiger partial charge in [0.25, 0.3) is 0 Å². The summed E-state index contributed by atoms with van der Waals surface area (Å²) < 4.78 is 5.41. The van der Waals surface area contributed by atoms with E-state index in [1.807, 2.05) is 18.2 Å². The Morgan fingerprint density at radius 2 is 1.67 bits per heavy atom. The van der Waals surface area contributed by atoms with Crippen LogP contribution in [0, 0.1) is 20.8 Å². The molecule has 0 bridgehead atoms. The molecule has 0 N–H and O–H groups in total. The van der Waals surface area contributed by atoms with Crippen molar-refractivity contribution in [3.63, 3.8) is 0 Å². The van der Waals surface area contributed by atoms with Gasteiger partial charge in [-0.25, -0.2) is 0 Å². The van der Waals surface area contributed by atoms with Crippen molar-refractivity contribution in [2.75, 3.05) is 0 Å². The van der Waals surface area contributed by atoms with Gasteiger partial charge in [0.2, 0.25) is 0 Å². The van der Waals surface area contributed by atoms with Crippen LogP contribution in [0.4, 0.5) is 0 Å². The van der Waals surface area contributed by atoms with Crippen LogP contribution in [-0.2, 0) is 24.4 Å². The second-order valence-electron chi connectivity index (χ2n) is 5.95. The maximum absolute atomic E-state index is 12.6. The fourth-order valence-electron chi connectivity index (χ4n) is 3.10. The van der Waals surface area contributed by atoms with Crippen molar-refractivity contribution in [3.05, 3.63) is 69.3 Å². The van der Waals surface area contributed by atoms with Gasteiger partial charge in [-0.15, -0.1) is 0 Å².